The van der Waals surface area contributed by atoms with Crippen LogP contribution >= 0.6 is 0 Å². The van der Waals surface area contributed by atoms with Gasteiger partial charge in [0.2, 0.25) is 0 Å². The number of aromatic nitrogens is 2. The van der Waals surface area contributed by atoms with Crippen LogP contribution in [-0.4, -0.2) is 9.97 Å². The summed E-state index contributed by atoms with van der Waals surface area (Å²) in [6, 6.07) is 2.71. The van der Waals surface area contributed by atoms with Crippen molar-refractivity contribution < 1.29 is 32.7 Å². The molecule has 1 aromatic heterocycles. The Morgan fingerprint density at radius 2 is 1.88 bits per heavy atom. The molecule has 2 nitrogen and oxygen atoms in total. The molecule has 0 unspecified atom stereocenters. The van der Waals surface area contributed by atoms with Crippen LogP contribution in [0.5, 0.6) is 0 Å². The molecule has 0 fully saturated rings. The van der Waals surface area contributed by atoms with Crippen LogP contribution in [0.2, 0.25) is 0 Å². The van der Waals surface area contributed by atoms with E-state index in [1.54, 1.807) is 12.4 Å². The van der Waals surface area contributed by atoms with Crippen molar-refractivity contribution in [3.05, 3.63) is 24.3 Å². The van der Waals surface area contributed by atoms with Gasteiger partial charge in [-0.15, -0.1) is 12.4 Å². The van der Waals surface area contributed by atoms with Gasteiger partial charge in [0.25, 0.3) is 0 Å². The Morgan fingerprint density at radius 3 is 2.12 bits per heavy atom. The Kier molecular flexibility index (Phi) is 4.20. The van der Waals surface area contributed by atoms with Crippen molar-refractivity contribution in [1.29, 1.82) is 0 Å². The second kappa shape index (κ2) is 4.10. The van der Waals surface area contributed by atoms with E-state index in [4.69, 9.17) is 0 Å². The van der Waals surface area contributed by atoms with Crippen LogP contribution in [0, 0.1) is 13.0 Å². The smallest absolute Gasteiger partial charge is 0.118 e. The molecule has 0 saturated heterocycles. The molecule has 0 aliphatic heterocycles. The largest absolute Gasteiger partial charge is 0.434 e. The molecule has 3 heteroatoms. The van der Waals surface area contributed by atoms with Gasteiger partial charge < -0.3 is 6.07 Å². The van der Waals surface area contributed by atoms with Crippen LogP contribution in [0.4, 0.5) is 0 Å². The van der Waals surface area contributed by atoms with Crippen molar-refractivity contribution in [2.45, 2.75) is 6.92 Å². The first kappa shape index (κ1) is 8.18. The molecule has 1 aromatic rings. The summed E-state index contributed by atoms with van der Waals surface area (Å²) in [5, 5.41) is 0. The van der Waals surface area contributed by atoms with Crippen LogP contribution in [0.25, 0.3) is 0 Å². The predicted octanol–water partition coefficient (Wildman–Crippen LogP) is 0.583. The Labute approximate surface area is 73.6 Å². The van der Waals surface area contributed by atoms with Gasteiger partial charge in [0.15, 0.2) is 0 Å². The molecule has 1 heterocycles. The minimum atomic E-state index is 0. The molecule has 8 heavy (non-hydrogen) atoms. The van der Waals surface area contributed by atoms with Crippen LogP contribution in [-0.2, 0) is 32.7 Å². The van der Waals surface area contributed by atoms with Crippen molar-refractivity contribution in [2.24, 2.45) is 0 Å². The Balaban J connectivity index is 0.000000490. The van der Waals surface area contributed by atoms with Gasteiger partial charge in [-0.2, -0.15) is 0 Å². The quantitative estimate of drug-likeness (QED) is 0.548. The van der Waals surface area contributed by atoms with Crippen LogP contribution in [0.15, 0.2) is 12.4 Å². The second-order valence-corrected chi connectivity index (χ2v) is 1.23. The van der Waals surface area contributed by atoms with Crippen LogP contribution in [0.3, 0.4) is 0 Å². The molecule has 1 radical (unpaired) electrons. The van der Waals surface area contributed by atoms with Gasteiger partial charge in [-0.3, -0.25) is 9.97 Å². The van der Waals surface area contributed by atoms with Crippen LogP contribution < -0.4 is 0 Å². The summed E-state index contributed by atoms with van der Waals surface area (Å²) in [7, 11) is 0. The van der Waals surface area contributed by atoms with Crippen molar-refractivity contribution >= 4 is 0 Å². The van der Waals surface area contributed by atoms with E-state index in [2.05, 4.69) is 16.0 Å². The number of rotatable bonds is 0. The summed E-state index contributed by atoms with van der Waals surface area (Å²) in [6.45, 7) is 1.84. The molecule has 0 aliphatic carbocycles. The maximum atomic E-state index is 3.81. The normalized spacial score (nSPS) is 7.62. The van der Waals surface area contributed by atoms with Crippen molar-refractivity contribution in [3.63, 3.8) is 0 Å². The first-order chi connectivity index (χ1) is 3.39. The van der Waals surface area contributed by atoms with Crippen molar-refractivity contribution in [3.8, 4) is 0 Å². The number of aryl methyl sites for hydroxylation is 1. The standard InChI is InChI=1S/C5H5N2.Y/c1-5-6-3-2-4-7-5;/h3-4H,1H3;/q-1;. The van der Waals surface area contributed by atoms with Crippen molar-refractivity contribution in [2.75, 3.05) is 0 Å². The maximum Gasteiger partial charge on any atom is 0.118 e. The molecule has 39 valence electrons. The van der Waals surface area contributed by atoms with E-state index in [1.807, 2.05) is 6.92 Å². The maximum absolute atomic E-state index is 3.81. The summed E-state index contributed by atoms with van der Waals surface area (Å²) < 4.78 is 0. The third-order valence-electron chi connectivity index (χ3n) is 0.652. The molecular weight excluding hydrogens is 177 g/mol. The number of hydrogen-bond donors (Lipinski definition) is 0. The molecule has 0 saturated carbocycles. The number of hydrogen-bond acceptors (Lipinski definition) is 2. The molecule has 0 atom stereocenters. The van der Waals surface area contributed by atoms with E-state index in [1.165, 1.54) is 0 Å². The van der Waals surface area contributed by atoms with Gasteiger partial charge in [-0.25, -0.2) is 0 Å². The fourth-order valence-electron chi connectivity index (χ4n) is 0.328. The van der Waals surface area contributed by atoms with Crippen molar-refractivity contribution in [1.82, 2.24) is 9.97 Å². The zero-order chi connectivity index (χ0) is 5.11. The number of nitrogens with zero attached hydrogens (tertiary/aromatic N) is 2. The molecule has 0 aliphatic rings. The van der Waals surface area contributed by atoms with E-state index in [-0.39, 0.29) is 32.7 Å². The molecule has 1 rings (SSSR count). The van der Waals surface area contributed by atoms with E-state index in [9.17, 15) is 0 Å². The van der Waals surface area contributed by atoms with E-state index in [0.29, 0.717) is 0 Å². The third kappa shape index (κ3) is 2.48. The third-order valence-corrected chi connectivity index (χ3v) is 0.652. The Bertz CT molecular complexity index is 140. The fraction of sp³-hybridized carbons (Fsp3) is 0.200. The SMILES string of the molecule is Cc1nc[c-]cn1.[Y]. The average Bonchev–Trinajstić information content (AvgIpc) is 1.69. The summed E-state index contributed by atoms with van der Waals surface area (Å²) in [5.74, 6) is 0.791. The van der Waals surface area contributed by atoms with Gasteiger partial charge in [0, 0.05) is 32.7 Å². The fourth-order valence-corrected chi connectivity index (χ4v) is 0.328. The molecule has 0 aromatic carbocycles. The minimum absolute atomic E-state index is 0. The average molecular weight is 182 g/mol. The monoisotopic (exact) mass is 182 g/mol. The van der Waals surface area contributed by atoms with Gasteiger partial charge in [-0.1, -0.05) is 0 Å². The van der Waals surface area contributed by atoms with Gasteiger partial charge in [0.05, 0.1) is 0 Å². The molecular formula is C5H5N2Y-. The topological polar surface area (TPSA) is 25.8 Å². The van der Waals surface area contributed by atoms with E-state index >= 15 is 0 Å². The summed E-state index contributed by atoms with van der Waals surface area (Å²) in [6.07, 6.45) is 3.20. The molecule has 0 N–H and O–H groups in total. The molecule has 0 spiro atoms. The minimum Gasteiger partial charge on any atom is -0.434 e. The zero-order valence-electron chi connectivity index (χ0n) is 4.63. The predicted molar refractivity (Wildman–Crippen MR) is 25.6 cm³/mol. The summed E-state index contributed by atoms with van der Waals surface area (Å²) >= 11 is 0. The van der Waals surface area contributed by atoms with Gasteiger partial charge >= 0.3 is 0 Å². The van der Waals surface area contributed by atoms with E-state index in [0.717, 1.165) is 5.82 Å². The molecule has 0 amide bonds. The van der Waals surface area contributed by atoms with Crippen LogP contribution in [0.1, 0.15) is 5.82 Å². The summed E-state index contributed by atoms with van der Waals surface area (Å²) in [4.78, 5) is 7.62. The first-order valence-corrected chi connectivity index (χ1v) is 2.04. The zero-order valence-corrected chi connectivity index (χ0v) is 7.46. The second-order valence-electron chi connectivity index (χ2n) is 1.23. The summed E-state index contributed by atoms with van der Waals surface area (Å²) in [5.41, 5.74) is 0. The van der Waals surface area contributed by atoms with E-state index < -0.39 is 0 Å². The Morgan fingerprint density at radius 1 is 1.38 bits per heavy atom. The Hall–Kier alpha value is 0.184. The first-order valence-electron chi connectivity index (χ1n) is 2.04. The van der Waals surface area contributed by atoms with Gasteiger partial charge in [-0.05, 0) is 6.92 Å². The van der Waals surface area contributed by atoms with Gasteiger partial charge in [0.1, 0.15) is 5.82 Å². The molecule has 0 bridgehead atoms.